The molecule has 0 bridgehead atoms. The van der Waals surface area contributed by atoms with Gasteiger partial charge in [0.05, 0.1) is 15.4 Å². The Kier molecular flexibility index (Phi) is 5.51. The van der Waals surface area contributed by atoms with Crippen LogP contribution < -0.4 is 5.32 Å². The number of thiophene rings is 1. The van der Waals surface area contributed by atoms with Gasteiger partial charge in [-0.2, -0.15) is 13.2 Å². The molecule has 1 nitrogen and oxygen atoms in total. The molecular weight excluding hydrogens is 431 g/mol. The highest BCUT2D eigenvalue weighted by atomic mass is 79.9. The molecule has 0 fully saturated rings. The smallest absolute Gasteiger partial charge is 0.306 e. The highest BCUT2D eigenvalue weighted by molar-refractivity contribution is 9.11. The lowest BCUT2D eigenvalue weighted by Crippen LogP contribution is -2.22. The second-order valence-corrected chi connectivity index (χ2v) is 7.72. The Morgan fingerprint density at radius 2 is 1.90 bits per heavy atom. The zero-order valence-corrected chi connectivity index (χ0v) is 15.0. The predicted molar refractivity (Wildman–Crippen MR) is 86.7 cm³/mol. The Balaban J connectivity index is 2.49. The summed E-state index contributed by atoms with van der Waals surface area (Å²) in [4.78, 5) is 0.962. The zero-order valence-electron chi connectivity index (χ0n) is 11.0. The van der Waals surface area contributed by atoms with Crippen LogP contribution in [0, 0.1) is 0 Å². The van der Waals surface area contributed by atoms with Gasteiger partial charge in [0.15, 0.2) is 0 Å². The Hall–Kier alpha value is -0.370. The fourth-order valence-electron chi connectivity index (χ4n) is 1.99. The standard InChI is InChI=1S/C14H12Br2F3NS/c1-2-20-13(11-5-6-12(16)21-11)9-7-8(14(17,18)19)3-4-10(9)15/h3-7,13,20H,2H2,1H3. The van der Waals surface area contributed by atoms with Crippen LogP contribution >= 0.6 is 43.2 Å². The first-order chi connectivity index (χ1) is 9.82. The van der Waals surface area contributed by atoms with Crippen LogP contribution in [-0.2, 0) is 6.18 Å². The lowest BCUT2D eigenvalue weighted by Gasteiger charge is -2.20. The van der Waals surface area contributed by atoms with E-state index in [0.717, 1.165) is 14.7 Å². The first kappa shape index (κ1) is 17.0. The third kappa shape index (κ3) is 4.09. The van der Waals surface area contributed by atoms with E-state index in [4.69, 9.17) is 0 Å². The zero-order chi connectivity index (χ0) is 15.6. The molecule has 0 aliphatic rings. The third-order valence-corrected chi connectivity index (χ3v) is 5.33. The molecular formula is C14H12Br2F3NS. The second-order valence-electron chi connectivity index (χ2n) is 4.37. The molecule has 114 valence electrons. The minimum Gasteiger partial charge on any atom is -0.306 e. The van der Waals surface area contributed by atoms with Crippen molar-refractivity contribution in [3.05, 3.63) is 54.6 Å². The summed E-state index contributed by atoms with van der Waals surface area (Å²) >= 11 is 8.25. The fraction of sp³-hybridized carbons (Fsp3) is 0.286. The number of hydrogen-bond donors (Lipinski definition) is 1. The van der Waals surface area contributed by atoms with Gasteiger partial charge >= 0.3 is 6.18 Å². The first-order valence-corrected chi connectivity index (χ1v) is 8.58. The van der Waals surface area contributed by atoms with Gasteiger partial charge < -0.3 is 5.32 Å². The maximum Gasteiger partial charge on any atom is 0.416 e. The summed E-state index contributed by atoms with van der Waals surface area (Å²) in [6.45, 7) is 2.58. The van der Waals surface area contributed by atoms with E-state index in [1.807, 2.05) is 19.1 Å². The number of hydrogen-bond acceptors (Lipinski definition) is 2. The number of rotatable bonds is 4. The summed E-state index contributed by atoms with van der Waals surface area (Å²) < 4.78 is 40.4. The fourth-order valence-corrected chi connectivity index (χ4v) is 3.99. The van der Waals surface area contributed by atoms with Crippen molar-refractivity contribution in [2.24, 2.45) is 0 Å². The minimum atomic E-state index is -4.34. The number of halogens is 5. The third-order valence-electron chi connectivity index (χ3n) is 2.92. The maximum absolute atomic E-state index is 12.9. The molecule has 0 aliphatic carbocycles. The van der Waals surface area contributed by atoms with Crippen LogP contribution in [-0.4, -0.2) is 6.54 Å². The van der Waals surface area contributed by atoms with E-state index in [-0.39, 0.29) is 6.04 Å². The van der Waals surface area contributed by atoms with E-state index in [0.29, 0.717) is 16.6 Å². The van der Waals surface area contributed by atoms with Crippen molar-refractivity contribution in [1.29, 1.82) is 0 Å². The average Bonchev–Trinajstić information content (AvgIpc) is 2.82. The van der Waals surface area contributed by atoms with Crippen molar-refractivity contribution in [2.45, 2.75) is 19.1 Å². The Bertz CT molecular complexity index is 625. The van der Waals surface area contributed by atoms with Gasteiger partial charge in [0, 0.05) is 9.35 Å². The molecule has 0 radical (unpaired) electrons. The van der Waals surface area contributed by atoms with Crippen LogP contribution in [0.15, 0.2) is 38.6 Å². The monoisotopic (exact) mass is 441 g/mol. The molecule has 1 atom stereocenters. The highest BCUT2D eigenvalue weighted by Gasteiger charge is 2.32. The summed E-state index contributed by atoms with van der Waals surface area (Å²) in [7, 11) is 0. The Labute approximate surface area is 141 Å². The number of nitrogens with one attached hydrogen (secondary N) is 1. The average molecular weight is 443 g/mol. The van der Waals surface area contributed by atoms with Gasteiger partial charge in [0.25, 0.3) is 0 Å². The van der Waals surface area contributed by atoms with Gasteiger partial charge in [-0.05, 0) is 58.4 Å². The molecule has 7 heteroatoms. The van der Waals surface area contributed by atoms with Crippen molar-refractivity contribution in [1.82, 2.24) is 5.32 Å². The molecule has 1 aromatic heterocycles. The Morgan fingerprint density at radius 1 is 1.19 bits per heavy atom. The summed E-state index contributed by atoms with van der Waals surface area (Å²) in [6.07, 6.45) is -4.34. The van der Waals surface area contributed by atoms with Crippen LogP contribution in [0.2, 0.25) is 0 Å². The van der Waals surface area contributed by atoms with Gasteiger partial charge in [0.2, 0.25) is 0 Å². The van der Waals surface area contributed by atoms with Gasteiger partial charge in [-0.3, -0.25) is 0 Å². The molecule has 2 aromatic rings. The molecule has 0 saturated heterocycles. The van der Waals surface area contributed by atoms with Crippen molar-refractivity contribution in [2.75, 3.05) is 6.54 Å². The van der Waals surface area contributed by atoms with Gasteiger partial charge in [-0.25, -0.2) is 0 Å². The van der Waals surface area contributed by atoms with Crippen LogP contribution in [0.4, 0.5) is 13.2 Å². The molecule has 2 rings (SSSR count). The van der Waals surface area contributed by atoms with E-state index >= 15 is 0 Å². The molecule has 0 spiro atoms. The molecule has 1 N–H and O–H groups in total. The SMILES string of the molecule is CCNC(c1ccc(Br)s1)c1cc(C(F)(F)F)ccc1Br. The van der Waals surface area contributed by atoms with E-state index < -0.39 is 11.7 Å². The van der Waals surface area contributed by atoms with Crippen LogP contribution in [0.5, 0.6) is 0 Å². The number of benzene rings is 1. The molecule has 0 amide bonds. The van der Waals surface area contributed by atoms with E-state index in [9.17, 15) is 13.2 Å². The normalized spacial score (nSPS) is 13.4. The quantitative estimate of drug-likeness (QED) is 0.613. The lowest BCUT2D eigenvalue weighted by molar-refractivity contribution is -0.137. The summed E-state index contributed by atoms with van der Waals surface area (Å²) in [5.41, 5.74) is -0.0553. The van der Waals surface area contributed by atoms with Crippen molar-refractivity contribution in [3.8, 4) is 0 Å². The Morgan fingerprint density at radius 3 is 2.43 bits per heavy atom. The minimum absolute atomic E-state index is 0.275. The van der Waals surface area contributed by atoms with Gasteiger partial charge in [-0.1, -0.05) is 22.9 Å². The van der Waals surface area contributed by atoms with Crippen molar-refractivity contribution in [3.63, 3.8) is 0 Å². The predicted octanol–water partition coefficient (Wildman–Crippen LogP) is 5.99. The first-order valence-electron chi connectivity index (χ1n) is 6.18. The van der Waals surface area contributed by atoms with Crippen LogP contribution in [0.3, 0.4) is 0 Å². The van der Waals surface area contributed by atoms with Gasteiger partial charge in [0.1, 0.15) is 0 Å². The molecule has 1 heterocycles. The molecule has 0 saturated carbocycles. The molecule has 0 aliphatic heterocycles. The number of alkyl halides is 3. The van der Waals surface area contributed by atoms with Crippen molar-refractivity contribution < 1.29 is 13.2 Å². The van der Waals surface area contributed by atoms with E-state index in [1.54, 1.807) is 0 Å². The van der Waals surface area contributed by atoms with E-state index in [2.05, 4.69) is 37.2 Å². The summed E-state index contributed by atoms with van der Waals surface area (Å²) in [5.74, 6) is 0. The maximum atomic E-state index is 12.9. The molecule has 1 aromatic carbocycles. The highest BCUT2D eigenvalue weighted by Crippen LogP contribution is 2.38. The topological polar surface area (TPSA) is 12.0 Å². The lowest BCUT2D eigenvalue weighted by atomic mass is 10.0. The second kappa shape index (κ2) is 6.81. The van der Waals surface area contributed by atoms with Crippen LogP contribution in [0.25, 0.3) is 0 Å². The summed E-state index contributed by atoms with van der Waals surface area (Å²) in [6, 6.07) is 7.26. The largest absolute Gasteiger partial charge is 0.416 e. The van der Waals surface area contributed by atoms with E-state index in [1.165, 1.54) is 23.5 Å². The van der Waals surface area contributed by atoms with Crippen molar-refractivity contribution >= 4 is 43.2 Å². The summed E-state index contributed by atoms with van der Waals surface area (Å²) in [5, 5.41) is 3.24. The molecule has 21 heavy (non-hydrogen) atoms. The van der Waals surface area contributed by atoms with Gasteiger partial charge in [-0.15, -0.1) is 11.3 Å². The molecule has 1 unspecified atom stereocenters. The van der Waals surface area contributed by atoms with Crippen LogP contribution in [0.1, 0.15) is 29.0 Å².